The predicted molar refractivity (Wildman–Crippen MR) is 68.2 cm³/mol. The van der Waals surface area contributed by atoms with Crippen molar-refractivity contribution in [3.63, 3.8) is 0 Å². The normalized spacial score (nSPS) is 53.5. The number of ketones is 1. The number of carbonyl (C=O) groups is 2. The Morgan fingerprint density at radius 3 is 2.63 bits per heavy atom. The lowest BCUT2D eigenvalue weighted by atomic mass is 9.51. The Bertz CT molecular complexity index is 441. The summed E-state index contributed by atoms with van der Waals surface area (Å²) in [6, 6.07) is 0. The van der Waals surface area contributed by atoms with Crippen LogP contribution in [0.15, 0.2) is 0 Å². The highest BCUT2D eigenvalue weighted by molar-refractivity contribution is 5.86. The van der Waals surface area contributed by atoms with Gasteiger partial charge >= 0.3 is 5.97 Å². The molecule has 1 heterocycles. The Balaban J connectivity index is 2.03. The first-order valence-corrected chi connectivity index (χ1v) is 7.23. The van der Waals surface area contributed by atoms with Gasteiger partial charge in [0.2, 0.25) is 0 Å². The van der Waals surface area contributed by atoms with Crippen LogP contribution in [-0.2, 0) is 14.3 Å². The van der Waals surface area contributed by atoms with Crippen LogP contribution in [0.25, 0.3) is 0 Å². The Morgan fingerprint density at radius 2 is 1.95 bits per heavy atom. The van der Waals surface area contributed by atoms with E-state index in [1.54, 1.807) is 6.92 Å². The van der Waals surface area contributed by atoms with Gasteiger partial charge in [-0.05, 0) is 26.2 Å². The van der Waals surface area contributed by atoms with Gasteiger partial charge in [-0.3, -0.25) is 9.59 Å². The number of Topliss-reactive ketones (excluding diaryl/α,β-unsaturated/α-hetero) is 1. The van der Waals surface area contributed by atoms with Crippen molar-refractivity contribution in [3.05, 3.63) is 0 Å². The number of carbonyl (C=O) groups excluding carboxylic acids is 2. The molecule has 6 atom stereocenters. The summed E-state index contributed by atoms with van der Waals surface area (Å²) >= 11 is 0. The molecule has 19 heavy (non-hydrogen) atoms. The SMILES string of the molecule is CC1C(=O)OC2[C@H]1CC[C@@]1(C)C(=O)CCC(C)(O)[C@H]21. The number of ether oxygens (including phenoxy) is 1. The molecular weight excluding hydrogens is 244 g/mol. The molecular formula is C15H22O4. The second kappa shape index (κ2) is 3.81. The molecule has 3 rings (SSSR count). The number of esters is 1. The molecule has 1 aliphatic heterocycles. The average Bonchev–Trinajstić information content (AvgIpc) is 2.60. The van der Waals surface area contributed by atoms with E-state index in [9.17, 15) is 14.7 Å². The van der Waals surface area contributed by atoms with Gasteiger partial charge in [0.1, 0.15) is 11.9 Å². The third-order valence-electron chi connectivity index (χ3n) is 5.87. The highest BCUT2D eigenvalue weighted by Crippen LogP contribution is 2.57. The van der Waals surface area contributed by atoms with Crippen molar-refractivity contribution in [2.24, 2.45) is 23.2 Å². The lowest BCUT2D eigenvalue weighted by molar-refractivity contribution is -0.186. The Kier molecular flexibility index (Phi) is 2.63. The summed E-state index contributed by atoms with van der Waals surface area (Å²) < 4.78 is 5.54. The van der Waals surface area contributed by atoms with Crippen LogP contribution in [0, 0.1) is 23.2 Å². The fourth-order valence-electron chi connectivity index (χ4n) is 4.66. The van der Waals surface area contributed by atoms with Gasteiger partial charge in [0.05, 0.1) is 11.5 Å². The minimum absolute atomic E-state index is 0.109. The molecule has 1 saturated heterocycles. The van der Waals surface area contributed by atoms with E-state index in [1.165, 1.54) is 0 Å². The van der Waals surface area contributed by atoms with E-state index in [0.717, 1.165) is 12.8 Å². The van der Waals surface area contributed by atoms with Crippen LogP contribution in [0.2, 0.25) is 0 Å². The highest BCUT2D eigenvalue weighted by atomic mass is 16.6. The number of fused-ring (bicyclic) bond motifs is 3. The van der Waals surface area contributed by atoms with Crippen LogP contribution in [0.3, 0.4) is 0 Å². The summed E-state index contributed by atoms with van der Waals surface area (Å²) in [7, 11) is 0. The maximum atomic E-state index is 12.3. The highest BCUT2D eigenvalue weighted by Gasteiger charge is 2.63. The maximum Gasteiger partial charge on any atom is 0.309 e. The minimum Gasteiger partial charge on any atom is -0.461 e. The van der Waals surface area contributed by atoms with Gasteiger partial charge in [-0.1, -0.05) is 13.8 Å². The van der Waals surface area contributed by atoms with Crippen LogP contribution < -0.4 is 0 Å². The van der Waals surface area contributed by atoms with Crippen LogP contribution in [0.5, 0.6) is 0 Å². The summed E-state index contributed by atoms with van der Waals surface area (Å²) in [6.07, 6.45) is 2.21. The van der Waals surface area contributed by atoms with Gasteiger partial charge in [0.25, 0.3) is 0 Å². The average molecular weight is 266 g/mol. The summed E-state index contributed by atoms with van der Waals surface area (Å²) in [4.78, 5) is 24.2. The van der Waals surface area contributed by atoms with Crippen LogP contribution in [0.1, 0.15) is 46.5 Å². The van der Waals surface area contributed by atoms with E-state index in [-0.39, 0.29) is 35.6 Å². The van der Waals surface area contributed by atoms with Crippen molar-refractivity contribution < 1.29 is 19.4 Å². The molecule has 0 bridgehead atoms. The minimum atomic E-state index is -0.920. The van der Waals surface area contributed by atoms with Crippen molar-refractivity contribution >= 4 is 11.8 Å². The first-order valence-electron chi connectivity index (χ1n) is 7.23. The lowest BCUT2D eigenvalue weighted by Gasteiger charge is -2.54. The molecule has 0 aromatic rings. The van der Waals surface area contributed by atoms with Gasteiger partial charge in [-0.2, -0.15) is 0 Å². The molecule has 2 aliphatic carbocycles. The topological polar surface area (TPSA) is 63.6 Å². The van der Waals surface area contributed by atoms with E-state index in [1.807, 2.05) is 13.8 Å². The molecule has 3 unspecified atom stereocenters. The van der Waals surface area contributed by atoms with Gasteiger partial charge in [-0.15, -0.1) is 0 Å². The number of hydrogen-bond donors (Lipinski definition) is 1. The molecule has 0 aromatic heterocycles. The molecule has 3 aliphatic rings. The third kappa shape index (κ3) is 1.62. The Morgan fingerprint density at radius 1 is 1.26 bits per heavy atom. The van der Waals surface area contributed by atoms with Gasteiger partial charge in [0.15, 0.2) is 0 Å². The van der Waals surface area contributed by atoms with Crippen molar-refractivity contribution in [1.82, 2.24) is 0 Å². The van der Waals surface area contributed by atoms with Crippen molar-refractivity contribution in [2.45, 2.75) is 58.2 Å². The first-order chi connectivity index (χ1) is 8.77. The molecule has 0 radical (unpaired) electrons. The largest absolute Gasteiger partial charge is 0.461 e. The molecule has 0 amide bonds. The fourth-order valence-corrected chi connectivity index (χ4v) is 4.66. The zero-order chi connectivity index (χ0) is 14.0. The molecule has 4 heteroatoms. The predicted octanol–water partition coefficient (Wildman–Crippen LogP) is 1.69. The first kappa shape index (κ1) is 13.1. The molecule has 3 fully saturated rings. The van der Waals surface area contributed by atoms with E-state index in [0.29, 0.717) is 12.8 Å². The van der Waals surface area contributed by atoms with Crippen molar-refractivity contribution in [3.8, 4) is 0 Å². The number of hydrogen-bond acceptors (Lipinski definition) is 4. The zero-order valence-corrected chi connectivity index (χ0v) is 11.8. The van der Waals surface area contributed by atoms with Crippen LogP contribution in [0.4, 0.5) is 0 Å². The molecule has 0 spiro atoms. The molecule has 1 N–H and O–H groups in total. The third-order valence-corrected chi connectivity index (χ3v) is 5.87. The number of rotatable bonds is 0. The monoisotopic (exact) mass is 266 g/mol. The van der Waals surface area contributed by atoms with E-state index in [4.69, 9.17) is 4.74 Å². The van der Waals surface area contributed by atoms with Gasteiger partial charge < -0.3 is 9.84 Å². The van der Waals surface area contributed by atoms with E-state index >= 15 is 0 Å². The summed E-state index contributed by atoms with van der Waals surface area (Å²) in [6.45, 7) is 5.64. The summed E-state index contributed by atoms with van der Waals surface area (Å²) in [5.41, 5.74) is -1.45. The molecule has 0 aromatic carbocycles. The standard InChI is InChI=1S/C15H22O4/c1-8-9-4-6-14(2)10(16)5-7-15(3,18)12(14)11(9)19-13(8)17/h8-9,11-12,18H,4-7H2,1-3H3/t8?,9-,11?,12+,14-,15?/m0/s1. The Hall–Kier alpha value is -0.900. The van der Waals surface area contributed by atoms with Crippen molar-refractivity contribution in [1.29, 1.82) is 0 Å². The lowest BCUT2D eigenvalue weighted by Crippen LogP contribution is -2.61. The van der Waals surface area contributed by atoms with Gasteiger partial charge in [-0.25, -0.2) is 0 Å². The summed E-state index contributed by atoms with van der Waals surface area (Å²) in [5, 5.41) is 10.7. The Labute approximate surface area is 113 Å². The van der Waals surface area contributed by atoms with Crippen molar-refractivity contribution in [2.75, 3.05) is 0 Å². The summed E-state index contributed by atoms with van der Waals surface area (Å²) in [5.74, 6) is -0.162. The molecule has 2 saturated carbocycles. The van der Waals surface area contributed by atoms with Gasteiger partial charge in [0, 0.05) is 23.7 Å². The fraction of sp³-hybridized carbons (Fsp3) is 0.867. The molecule has 4 nitrogen and oxygen atoms in total. The molecule has 106 valence electrons. The smallest absolute Gasteiger partial charge is 0.309 e. The van der Waals surface area contributed by atoms with Crippen LogP contribution in [-0.4, -0.2) is 28.6 Å². The zero-order valence-electron chi connectivity index (χ0n) is 11.8. The second-order valence-electron chi connectivity index (χ2n) is 7.07. The quantitative estimate of drug-likeness (QED) is 0.678. The van der Waals surface area contributed by atoms with Crippen LogP contribution >= 0.6 is 0 Å². The number of aliphatic hydroxyl groups is 1. The van der Waals surface area contributed by atoms with E-state index < -0.39 is 11.0 Å². The second-order valence-corrected chi connectivity index (χ2v) is 7.07. The maximum absolute atomic E-state index is 12.3. The van der Waals surface area contributed by atoms with E-state index in [2.05, 4.69) is 0 Å².